The van der Waals surface area contributed by atoms with E-state index in [1.807, 2.05) is 19.9 Å². The van der Waals surface area contributed by atoms with Gasteiger partial charge in [0.2, 0.25) is 0 Å². The summed E-state index contributed by atoms with van der Waals surface area (Å²) in [5, 5.41) is 7.57. The van der Waals surface area contributed by atoms with Gasteiger partial charge < -0.3 is 14.8 Å². The minimum Gasteiger partial charge on any atom is -0.497 e. The van der Waals surface area contributed by atoms with Crippen LogP contribution in [0.4, 0.5) is 4.39 Å². The van der Waals surface area contributed by atoms with E-state index in [2.05, 4.69) is 10.4 Å². The van der Waals surface area contributed by atoms with Crippen LogP contribution in [0.2, 0.25) is 0 Å². The number of hydrogen-bond donors (Lipinski definition) is 1. The first kappa shape index (κ1) is 20.4. The Bertz CT molecular complexity index is 999. The lowest BCUT2D eigenvalue weighted by molar-refractivity contribution is 0.0931. The second kappa shape index (κ2) is 8.77. The average molecular weight is 397 g/mol. The van der Waals surface area contributed by atoms with Gasteiger partial charge in [-0.1, -0.05) is 6.92 Å². The summed E-state index contributed by atoms with van der Waals surface area (Å²) in [7, 11) is 3.14. The standard InChI is InChI=1S/C22H24FN3O3/c1-5-14(2)24-22(27)20-13-19(18-11-10-17(28-3)12-21(18)29-4)25-26(20)16-8-6-15(23)7-9-16/h6-14H,5H2,1-4H3,(H,24,27). The Morgan fingerprint density at radius 1 is 1.14 bits per heavy atom. The summed E-state index contributed by atoms with van der Waals surface area (Å²) in [6.45, 7) is 3.93. The highest BCUT2D eigenvalue weighted by molar-refractivity contribution is 5.94. The van der Waals surface area contributed by atoms with Gasteiger partial charge in [-0.15, -0.1) is 0 Å². The first-order chi connectivity index (χ1) is 14.0. The van der Waals surface area contributed by atoms with Crippen molar-refractivity contribution in [1.29, 1.82) is 0 Å². The summed E-state index contributed by atoms with van der Waals surface area (Å²) in [5.41, 5.74) is 2.21. The number of halogens is 1. The average Bonchev–Trinajstić information content (AvgIpc) is 3.19. The predicted octanol–water partition coefficient (Wildman–Crippen LogP) is 4.22. The number of benzene rings is 2. The Hall–Kier alpha value is -3.35. The SMILES string of the molecule is CCC(C)NC(=O)c1cc(-c2ccc(OC)cc2OC)nn1-c1ccc(F)cc1. The second-order valence-electron chi connectivity index (χ2n) is 6.65. The van der Waals surface area contributed by atoms with E-state index in [-0.39, 0.29) is 17.8 Å². The van der Waals surface area contributed by atoms with Crippen molar-refractivity contribution < 1.29 is 18.7 Å². The highest BCUT2D eigenvalue weighted by Crippen LogP contribution is 2.33. The molecule has 0 bridgehead atoms. The van der Waals surface area contributed by atoms with Crippen LogP contribution in [0.3, 0.4) is 0 Å². The third kappa shape index (κ3) is 4.39. The molecule has 1 N–H and O–H groups in total. The van der Waals surface area contributed by atoms with Gasteiger partial charge >= 0.3 is 0 Å². The first-order valence-electron chi connectivity index (χ1n) is 9.36. The maximum absolute atomic E-state index is 13.4. The molecule has 1 atom stereocenters. The number of hydrogen-bond acceptors (Lipinski definition) is 4. The van der Waals surface area contributed by atoms with Crippen LogP contribution in [0.1, 0.15) is 30.8 Å². The molecule has 6 nitrogen and oxygen atoms in total. The van der Waals surface area contributed by atoms with Gasteiger partial charge in [0, 0.05) is 17.7 Å². The van der Waals surface area contributed by atoms with E-state index in [0.717, 1.165) is 6.42 Å². The zero-order valence-corrected chi connectivity index (χ0v) is 16.9. The maximum Gasteiger partial charge on any atom is 0.270 e. The Morgan fingerprint density at radius 3 is 2.48 bits per heavy atom. The van der Waals surface area contributed by atoms with Crippen LogP contribution in [0, 0.1) is 5.82 Å². The molecule has 0 saturated heterocycles. The van der Waals surface area contributed by atoms with Crippen LogP contribution in [0.5, 0.6) is 11.5 Å². The molecule has 0 fully saturated rings. The molecule has 0 aliphatic carbocycles. The smallest absolute Gasteiger partial charge is 0.270 e. The molecule has 0 radical (unpaired) electrons. The van der Waals surface area contributed by atoms with E-state index >= 15 is 0 Å². The van der Waals surface area contributed by atoms with Crippen LogP contribution < -0.4 is 14.8 Å². The quantitative estimate of drug-likeness (QED) is 0.648. The van der Waals surface area contributed by atoms with Crippen molar-refractivity contribution in [2.24, 2.45) is 0 Å². The zero-order valence-electron chi connectivity index (χ0n) is 16.9. The number of aromatic nitrogens is 2. The molecule has 1 amide bonds. The zero-order chi connectivity index (χ0) is 21.0. The van der Waals surface area contributed by atoms with E-state index in [9.17, 15) is 9.18 Å². The number of nitrogens with zero attached hydrogens (tertiary/aromatic N) is 2. The molecule has 0 aliphatic rings. The van der Waals surface area contributed by atoms with Gasteiger partial charge in [0.1, 0.15) is 23.0 Å². The van der Waals surface area contributed by atoms with Crippen molar-refractivity contribution in [2.75, 3.05) is 14.2 Å². The van der Waals surface area contributed by atoms with Gasteiger partial charge in [0.15, 0.2) is 0 Å². The normalized spacial score (nSPS) is 11.8. The molecule has 152 valence electrons. The topological polar surface area (TPSA) is 65.4 Å². The fourth-order valence-corrected chi connectivity index (χ4v) is 2.86. The highest BCUT2D eigenvalue weighted by Gasteiger charge is 2.20. The molecule has 0 spiro atoms. The van der Waals surface area contributed by atoms with Gasteiger partial charge in [-0.2, -0.15) is 5.10 Å². The Kier molecular flexibility index (Phi) is 6.16. The molecule has 1 heterocycles. The lowest BCUT2D eigenvalue weighted by Gasteiger charge is -2.12. The third-order valence-corrected chi connectivity index (χ3v) is 4.69. The van der Waals surface area contributed by atoms with Crippen molar-refractivity contribution in [3.63, 3.8) is 0 Å². The minimum absolute atomic E-state index is 0.0121. The molecular formula is C22H24FN3O3. The summed E-state index contributed by atoms with van der Waals surface area (Å²) in [4.78, 5) is 12.9. The second-order valence-corrected chi connectivity index (χ2v) is 6.65. The van der Waals surface area contributed by atoms with Crippen LogP contribution in [0.25, 0.3) is 16.9 Å². The lowest BCUT2D eigenvalue weighted by Crippen LogP contribution is -2.33. The minimum atomic E-state index is -0.358. The fourth-order valence-electron chi connectivity index (χ4n) is 2.86. The van der Waals surface area contributed by atoms with Crippen LogP contribution >= 0.6 is 0 Å². The summed E-state index contributed by atoms with van der Waals surface area (Å²) in [6.07, 6.45) is 0.801. The van der Waals surface area contributed by atoms with Crippen LogP contribution in [-0.2, 0) is 0 Å². The van der Waals surface area contributed by atoms with Crippen molar-refractivity contribution >= 4 is 5.91 Å². The van der Waals surface area contributed by atoms with Gasteiger partial charge in [-0.25, -0.2) is 9.07 Å². The highest BCUT2D eigenvalue weighted by atomic mass is 19.1. The van der Waals surface area contributed by atoms with E-state index in [1.54, 1.807) is 44.6 Å². The summed E-state index contributed by atoms with van der Waals surface area (Å²) >= 11 is 0. The molecule has 3 rings (SSSR count). The van der Waals surface area contributed by atoms with Gasteiger partial charge in [-0.05, 0) is 55.8 Å². The molecule has 1 unspecified atom stereocenters. The lowest BCUT2D eigenvalue weighted by atomic mass is 10.1. The third-order valence-electron chi connectivity index (χ3n) is 4.69. The largest absolute Gasteiger partial charge is 0.497 e. The first-order valence-corrected chi connectivity index (χ1v) is 9.36. The fraction of sp³-hybridized carbons (Fsp3) is 0.273. The molecule has 1 aromatic heterocycles. The van der Waals surface area contributed by atoms with Crippen molar-refractivity contribution in [1.82, 2.24) is 15.1 Å². The number of methoxy groups -OCH3 is 2. The number of ether oxygens (including phenoxy) is 2. The number of rotatable bonds is 7. The van der Waals surface area contributed by atoms with Crippen molar-refractivity contribution in [2.45, 2.75) is 26.3 Å². The molecule has 3 aromatic rings. The predicted molar refractivity (Wildman–Crippen MR) is 109 cm³/mol. The number of carbonyl (C=O) groups excluding carboxylic acids is 1. The Labute approximate surface area is 169 Å². The monoisotopic (exact) mass is 397 g/mol. The molecular weight excluding hydrogens is 373 g/mol. The maximum atomic E-state index is 13.4. The van der Waals surface area contributed by atoms with E-state index in [4.69, 9.17) is 9.47 Å². The van der Waals surface area contributed by atoms with E-state index in [1.165, 1.54) is 16.8 Å². The summed E-state index contributed by atoms with van der Waals surface area (Å²) in [5.74, 6) is 0.610. The van der Waals surface area contributed by atoms with Gasteiger partial charge in [0.25, 0.3) is 5.91 Å². The Balaban J connectivity index is 2.11. The molecule has 7 heteroatoms. The van der Waals surface area contributed by atoms with E-state index in [0.29, 0.717) is 34.1 Å². The number of amides is 1. The molecule has 2 aromatic carbocycles. The Morgan fingerprint density at radius 2 is 1.86 bits per heavy atom. The summed E-state index contributed by atoms with van der Waals surface area (Å²) in [6, 6.07) is 12.9. The van der Waals surface area contributed by atoms with Gasteiger partial charge in [-0.3, -0.25) is 4.79 Å². The number of nitrogens with one attached hydrogen (secondary N) is 1. The van der Waals surface area contributed by atoms with Crippen molar-refractivity contribution in [3.8, 4) is 28.4 Å². The van der Waals surface area contributed by atoms with Crippen LogP contribution in [-0.4, -0.2) is 35.9 Å². The van der Waals surface area contributed by atoms with E-state index < -0.39 is 0 Å². The van der Waals surface area contributed by atoms with Crippen molar-refractivity contribution in [3.05, 3.63) is 60.0 Å². The summed E-state index contributed by atoms with van der Waals surface area (Å²) < 4.78 is 25.6. The number of carbonyl (C=O) groups is 1. The van der Waals surface area contributed by atoms with Gasteiger partial charge in [0.05, 0.1) is 25.6 Å². The molecule has 0 aliphatic heterocycles. The molecule has 29 heavy (non-hydrogen) atoms. The molecule has 0 saturated carbocycles. The van der Waals surface area contributed by atoms with Crippen LogP contribution in [0.15, 0.2) is 48.5 Å².